The molecule has 1 unspecified atom stereocenters. The maximum atomic E-state index is 11.9. The van der Waals surface area contributed by atoms with E-state index in [0.717, 1.165) is 30.6 Å². The van der Waals surface area contributed by atoms with Gasteiger partial charge in [-0.25, -0.2) is 4.98 Å². The maximum absolute atomic E-state index is 11.9. The van der Waals surface area contributed by atoms with Crippen LogP contribution in [0.15, 0.2) is 41.3 Å². The highest BCUT2D eigenvalue weighted by Crippen LogP contribution is 2.34. The monoisotopic (exact) mass is 336 g/mol. The van der Waals surface area contributed by atoms with Crippen molar-refractivity contribution >= 4 is 16.7 Å². The fourth-order valence-electron chi connectivity index (χ4n) is 3.80. The van der Waals surface area contributed by atoms with Gasteiger partial charge in [0.1, 0.15) is 5.82 Å². The first-order chi connectivity index (χ1) is 12.1. The molecule has 0 bridgehead atoms. The number of pyridine rings is 1. The molecule has 1 aliphatic rings. The minimum Gasteiger partial charge on any atom is -0.372 e. The van der Waals surface area contributed by atoms with Gasteiger partial charge in [-0.1, -0.05) is 6.07 Å². The van der Waals surface area contributed by atoms with E-state index >= 15 is 0 Å². The molecule has 3 aromatic rings. The van der Waals surface area contributed by atoms with Crippen molar-refractivity contribution in [2.75, 3.05) is 11.9 Å². The van der Waals surface area contributed by atoms with E-state index < -0.39 is 0 Å². The zero-order valence-corrected chi connectivity index (χ0v) is 15.1. The van der Waals surface area contributed by atoms with Gasteiger partial charge in [0.2, 0.25) is 0 Å². The smallest absolute Gasteiger partial charge is 0.250 e. The number of fused-ring (bicyclic) bond motifs is 3. The third-order valence-corrected chi connectivity index (χ3v) is 5.55. The molecule has 0 saturated carbocycles. The highest BCUT2D eigenvalue weighted by molar-refractivity contribution is 5.86. The molecule has 1 aromatic carbocycles. The SMILES string of the molecule is CC1CCc2c(ccc3c2nc(CCn2ccccc2=O)n3C)N1C. The molecule has 0 spiro atoms. The van der Waals surface area contributed by atoms with Crippen LogP contribution < -0.4 is 10.5 Å². The standard InChI is InChI=1S/C20H24N4O/c1-14-7-8-15-16(22(14)2)9-10-17-20(15)21-18(23(17)3)11-13-24-12-5-4-6-19(24)25/h4-6,9-10,12,14H,7-8,11,13H2,1-3H3. The van der Waals surface area contributed by atoms with Crippen LogP contribution in [0.1, 0.15) is 24.7 Å². The van der Waals surface area contributed by atoms with E-state index in [1.165, 1.54) is 16.8 Å². The molecule has 0 radical (unpaired) electrons. The Balaban J connectivity index is 1.71. The summed E-state index contributed by atoms with van der Waals surface area (Å²) in [5.74, 6) is 1.03. The summed E-state index contributed by atoms with van der Waals surface area (Å²) in [5.41, 5.74) is 4.99. The minimum atomic E-state index is 0.0363. The van der Waals surface area contributed by atoms with Gasteiger partial charge in [-0.15, -0.1) is 0 Å². The minimum absolute atomic E-state index is 0.0363. The molecule has 4 rings (SSSR count). The molecule has 130 valence electrons. The Bertz CT molecular complexity index is 985. The average molecular weight is 336 g/mol. The Hall–Kier alpha value is -2.56. The molecular weight excluding hydrogens is 312 g/mol. The van der Waals surface area contributed by atoms with Crippen molar-refractivity contribution in [3.05, 3.63) is 58.3 Å². The Morgan fingerprint density at radius 1 is 1.20 bits per heavy atom. The van der Waals surface area contributed by atoms with Gasteiger partial charge in [-0.05, 0) is 38.0 Å². The Labute approximate surface area is 147 Å². The molecule has 3 heterocycles. The zero-order valence-electron chi connectivity index (χ0n) is 15.1. The van der Waals surface area contributed by atoms with Crippen molar-refractivity contribution in [2.45, 2.75) is 38.8 Å². The molecule has 0 amide bonds. The molecule has 1 atom stereocenters. The number of aryl methyl sites for hydroxylation is 4. The van der Waals surface area contributed by atoms with Gasteiger partial charge in [0.15, 0.2) is 0 Å². The fraction of sp³-hybridized carbons (Fsp3) is 0.400. The largest absolute Gasteiger partial charge is 0.372 e. The highest BCUT2D eigenvalue weighted by Gasteiger charge is 2.23. The van der Waals surface area contributed by atoms with Crippen LogP contribution in [-0.4, -0.2) is 27.2 Å². The second-order valence-electron chi connectivity index (χ2n) is 7.00. The number of anilines is 1. The first-order valence-corrected chi connectivity index (χ1v) is 8.91. The van der Waals surface area contributed by atoms with Crippen molar-refractivity contribution in [3.63, 3.8) is 0 Å². The molecule has 5 nitrogen and oxygen atoms in total. The van der Waals surface area contributed by atoms with Crippen LogP contribution in [0, 0.1) is 0 Å². The summed E-state index contributed by atoms with van der Waals surface area (Å²) in [6.45, 7) is 2.92. The van der Waals surface area contributed by atoms with E-state index in [-0.39, 0.29) is 5.56 Å². The quantitative estimate of drug-likeness (QED) is 0.739. The normalized spacial score (nSPS) is 17.1. The number of imidazole rings is 1. The number of nitrogens with zero attached hydrogens (tertiary/aromatic N) is 4. The molecule has 1 aliphatic heterocycles. The molecule has 0 aliphatic carbocycles. The van der Waals surface area contributed by atoms with Gasteiger partial charge >= 0.3 is 0 Å². The predicted octanol–water partition coefficient (Wildman–Crippen LogP) is 2.75. The van der Waals surface area contributed by atoms with E-state index in [0.29, 0.717) is 12.6 Å². The lowest BCUT2D eigenvalue weighted by Gasteiger charge is -2.33. The summed E-state index contributed by atoms with van der Waals surface area (Å²) in [6.07, 6.45) is 4.82. The van der Waals surface area contributed by atoms with Crippen LogP contribution >= 0.6 is 0 Å². The molecule has 0 fully saturated rings. The van der Waals surface area contributed by atoms with E-state index in [4.69, 9.17) is 4.98 Å². The number of aromatic nitrogens is 3. The summed E-state index contributed by atoms with van der Waals surface area (Å²) < 4.78 is 3.91. The lowest BCUT2D eigenvalue weighted by Crippen LogP contribution is -2.33. The zero-order chi connectivity index (χ0) is 17.6. The van der Waals surface area contributed by atoms with Crippen molar-refractivity contribution in [2.24, 2.45) is 7.05 Å². The first kappa shape index (κ1) is 15.9. The third kappa shape index (κ3) is 2.64. The van der Waals surface area contributed by atoms with Gasteiger partial charge in [-0.2, -0.15) is 0 Å². The summed E-state index contributed by atoms with van der Waals surface area (Å²) in [5, 5.41) is 0. The van der Waals surface area contributed by atoms with Crippen LogP contribution in [0.25, 0.3) is 11.0 Å². The van der Waals surface area contributed by atoms with Gasteiger partial charge < -0.3 is 14.0 Å². The number of hydrogen-bond acceptors (Lipinski definition) is 3. The van der Waals surface area contributed by atoms with Gasteiger partial charge in [-0.3, -0.25) is 4.79 Å². The maximum Gasteiger partial charge on any atom is 0.250 e. The third-order valence-electron chi connectivity index (χ3n) is 5.55. The lowest BCUT2D eigenvalue weighted by molar-refractivity contribution is 0.600. The molecule has 2 aromatic heterocycles. The van der Waals surface area contributed by atoms with Crippen LogP contribution in [0.5, 0.6) is 0 Å². The summed E-state index contributed by atoms with van der Waals surface area (Å²) >= 11 is 0. The second-order valence-corrected chi connectivity index (χ2v) is 7.00. The van der Waals surface area contributed by atoms with E-state index in [1.54, 1.807) is 16.7 Å². The van der Waals surface area contributed by atoms with Crippen LogP contribution in [0.3, 0.4) is 0 Å². The van der Waals surface area contributed by atoms with Crippen molar-refractivity contribution in [3.8, 4) is 0 Å². The molecular formula is C20H24N4O. The predicted molar refractivity (Wildman–Crippen MR) is 101 cm³/mol. The Morgan fingerprint density at radius 3 is 2.84 bits per heavy atom. The van der Waals surface area contributed by atoms with Gasteiger partial charge in [0, 0.05) is 56.6 Å². The topological polar surface area (TPSA) is 43.1 Å². The summed E-state index contributed by atoms with van der Waals surface area (Å²) in [4.78, 5) is 19.2. The molecule has 0 saturated heterocycles. The van der Waals surface area contributed by atoms with Crippen molar-refractivity contribution < 1.29 is 0 Å². The highest BCUT2D eigenvalue weighted by atomic mass is 16.1. The number of rotatable bonds is 3. The van der Waals surface area contributed by atoms with Crippen LogP contribution in [0.2, 0.25) is 0 Å². The van der Waals surface area contributed by atoms with Crippen molar-refractivity contribution in [1.82, 2.24) is 14.1 Å². The number of hydrogen-bond donors (Lipinski definition) is 0. The number of benzene rings is 1. The average Bonchev–Trinajstić information content (AvgIpc) is 2.94. The van der Waals surface area contributed by atoms with Crippen molar-refractivity contribution in [1.29, 1.82) is 0 Å². The molecule has 0 N–H and O–H groups in total. The lowest BCUT2D eigenvalue weighted by atomic mass is 9.96. The molecule has 25 heavy (non-hydrogen) atoms. The first-order valence-electron chi connectivity index (χ1n) is 8.91. The van der Waals surface area contributed by atoms with Crippen LogP contribution in [-0.2, 0) is 26.4 Å². The fourth-order valence-corrected chi connectivity index (χ4v) is 3.80. The summed E-state index contributed by atoms with van der Waals surface area (Å²) in [6, 6.07) is 10.2. The summed E-state index contributed by atoms with van der Waals surface area (Å²) in [7, 11) is 4.24. The van der Waals surface area contributed by atoms with E-state index in [1.807, 2.05) is 12.3 Å². The van der Waals surface area contributed by atoms with Gasteiger partial charge in [0.25, 0.3) is 5.56 Å². The molecule has 5 heteroatoms. The van der Waals surface area contributed by atoms with E-state index in [9.17, 15) is 4.79 Å². The second kappa shape index (κ2) is 6.06. The van der Waals surface area contributed by atoms with Crippen LogP contribution in [0.4, 0.5) is 5.69 Å². The Morgan fingerprint density at radius 2 is 2.04 bits per heavy atom. The Kier molecular flexibility index (Phi) is 3.86. The van der Waals surface area contributed by atoms with E-state index in [2.05, 4.69) is 42.6 Å². The van der Waals surface area contributed by atoms with Gasteiger partial charge in [0.05, 0.1) is 11.0 Å².